The molecule has 4 rings (SSSR count). The van der Waals surface area contributed by atoms with Gasteiger partial charge in [-0.05, 0) is 24.5 Å². The summed E-state index contributed by atoms with van der Waals surface area (Å²) in [5.74, 6) is -3.83. The Labute approximate surface area is 155 Å². The lowest BCUT2D eigenvalue weighted by Gasteiger charge is -2.32. The quantitative estimate of drug-likeness (QED) is 0.662. The Balaban J connectivity index is 1.58. The molecular weight excluding hydrogens is 381 g/mol. The van der Waals surface area contributed by atoms with E-state index in [1.165, 1.54) is 16.4 Å². The summed E-state index contributed by atoms with van der Waals surface area (Å²) < 4.78 is 49.4. The smallest absolute Gasteiger partial charge is 0.322 e. The third-order valence-corrected chi connectivity index (χ3v) is 4.95. The maximum atomic E-state index is 13.4. The Bertz CT molecular complexity index is 983. The summed E-state index contributed by atoms with van der Waals surface area (Å²) in [7, 11) is 0. The van der Waals surface area contributed by atoms with Crippen molar-refractivity contribution in [2.24, 2.45) is 0 Å². The third kappa shape index (κ3) is 3.16. The van der Waals surface area contributed by atoms with Crippen LogP contribution in [0.2, 0.25) is 0 Å². The first-order valence-electron chi connectivity index (χ1n) is 8.04. The number of anilines is 1. The van der Waals surface area contributed by atoms with Crippen LogP contribution in [0.4, 0.5) is 23.7 Å². The topological polar surface area (TPSA) is 71.3 Å². The molecule has 3 aromatic rings. The summed E-state index contributed by atoms with van der Waals surface area (Å²) in [4.78, 5) is 14.1. The molecule has 140 valence electrons. The number of carbonyl (C=O) groups is 1. The fourth-order valence-electron chi connectivity index (χ4n) is 3.01. The lowest BCUT2D eigenvalue weighted by atomic mass is 9.99. The van der Waals surface area contributed by atoms with Gasteiger partial charge in [0, 0.05) is 41.2 Å². The molecule has 1 aliphatic rings. The monoisotopic (exact) mass is 394 g/mol. The molecule has 1 N–H and O–H groups in total. The maximum Gasteiger partial charge on any atom is 0.322 e. The molecule has 0 radical (unpaired) electrons. The molecule has 1 atom stereocenters. The second kappa shape index (κ2) is 6.69. The highest BCUT2D eigenvalue weighted by Gasteiger charge is 2.32. The Kier molecular flexibility index (Phi) is 4.34. The van der Waals surface area contributed by atoms with E-state index in [0.717, 1.165) is 23.4 Å². The summed E-state index contributed by atoms with van der Waals surface area (Å²) in [6, 6.07) is 2.47. The van der Waals surface area contributed by atoms with E-state index in [-0.39, 0.29) is 18.3 Å². The van der Waals surface area contributed by atoms with E-state index in [0.29, 0.717) is 17.9 Å². The van der Waals surface area contributed by atoms with Gasteiger partial charge in [-0.15, -0.1) is 0 Å². The molecule has 0 spiro atoms. The number of rotatable bonds is 2. The molecule has 2 amide bonds. The zero-order valence-corrected chi connectivity index (χ0v) is 14.8. The van der Waals surface area contributed by atoms with Gasteiger partial charge in [0.2, 0.25) is 0 Å². The van der Waals surface area contributed by atoms with Gasteiger partial charge < -0.3 is 14.7 Å². The van der Waals surface area contributed by atoms with Crippen LogP contribution in [0.15, 0.2) is 28.1 Å². The van der Waals surface area contributed by atoms with E-state index in [9.17, 15) is 18.0 Å². The molecule has 27 heavy (non-hydrogen) atoms. The summed E-state index contributed by atoms with van der Waals surface area (Å²) in [5.41, 5.74) is 1.95. The molecule has 0 saturated heterocycles. The van der Waals surface area contributed by atoms with E-state index < -0.39 is 23.5 Å². The molecule has 0 fully saturated rings. The van der Waals surface area contributed by atoms with Gasteiger partial charge in [0.25, 0.3) is 0 Å². The number of benzene rings is 1. The second-order valence-electron chi connectivity index (χ2n) is 6.19. The van der Waals surface area contributed by atoms with Crippen molar-refractivity contribution in [3.8, 4) is 11.5 Å². The van der Waals surface area contributed by atoms with Crippen molar-refractivity contribution in [1.29, 1.82) is 0 Å². The van der Waals surface area contributed by atoms with Crippen molar-refractivity contribution < 1.29 is 22.5 Å². The molecule has 1 aliphatic heterocycles. The number of nitrogens with zero attached hydrogens (tertiary/aromatic N) is 3. The van der Waals surface area contributed by atoms with Gasteiger partial charge in [-0.25, -0.2) is 18.0 Å². The molecule has 0 bridgehead atoms. The lowest BCUT2D eigenvalue weighted by molar-refractivity contribution is 0.182. The predicted octanol–water partition coefficient (Wildman–Crippen LogP) is 4.19. The van der Waals surface area contributed by atoms with E-state index in [2.05, 4.69) is 14.8 Å². The van der Waals surface area contributed by atoms with Crippen LogP contribution in [0.25, 0.3) is 11.5 Å². The van der Waals surface area contributed by atoms with E-state index >= 15 is 0 Å². The van der Waals surface area contributed by atoms with Crippen LogP contribution >= 0.6 is 11.5 Å². The minimum Gasteiger partial charge on any atom is -0.354 e. The van der Waals surface area contributed by atoms with Gasteiger partial charge >= 0.3 is 6.03 Å². The van der Waals surface area contributed by atoms with Crippen LogP contribution in [0.3, 0.4) is 0 Å². The van der Waals surface area contributed by atoms with Crippen molar-refractivity contribution in [2.45, 2.75) is 25.9 Å². The van der Waals surface area contributed by atoms with Gasteiger partial charge in [-0.3, -0.25) is 0 Å². The highest BCUT2D eigenvalue weighted by Crippen LogP contribution is 2.32. The van der Waals surface area contributed by atoms with Crippen LogP contribution in [0, 0.1) is 17.5 Å². The number of hydrogen-bond donors (Lipinski definition) is 1. The summed E-state index contributed by atoms with van der Waals surface area (Å²) in [6.45, 7) is 2.02. The average molecular weight is 394 g/mol. The Morgan fingerprint density at radius 1 is 1.33 bits per heavy atom. The van der Waals surface area contributed by atoms with Gasteiger partial charge in [-0.2, -0.15) is 4.37 Å². The van der Waals surface area contributed by atoms with Crippen LogP contribution in [0.1, 0.15) is 18.2 Å². The number of urea groups is 1. The largest absolute Gasteiger partial charge is 0.354 e. The predicted molar refractivity (Wildman–Crippen MR) is 91.7 cm³/mol. The standard InChI is InChI=1S/C17H13F3N4O2S/c1-8-4-14-10(16(26-22-14)13-2-3-27-23-13)7-24(8)17(25)21-9-5-11(18)15(20)12(19)6-9/h2-3,5-6,8H,4,7H2,1H3,(H,21,25)/t8-/m0/s1. The normalized spacial score (nSPS) is 16.3. The molecular formula is C17H13F3N4O2S. The summed E-state index contributed by atoms with van der Waals surface area (Å²) in [6.07, 6.45) is 0.461. The first-order valence-corrected chi connectivity index (χ1v) is 8.88. The maximum absolute atomic E-state index is 13.4. The number of fused-ring (bicyclic) bond motifs is 1. The number of nitrogens with one attached hydrogen (secondary N) is 1. The fourth-order valence-corrected chi connectivity index (χ4v) is 3.52. The van der Waals surface area contributed by atoms with Gasteiger partial charge in [0.15, 0.2) is 23.2 Å². The van der Waals surface area contributed by atoms with Gasteiger partial charge in [0.1, 0.15) is 5.69 Å². The fraction of sp³-hybridized carbons (Fsp3) is 0.235. The average Bonchev–Trinajstić information content (AvgIpc) is 3.27. The van der Waals surface area contributed by atoms with Crippen molar-refractivity contribution in [3.63, 3.8) is 0 Å². The zero-order chi connectivity index (χ0) is 19.1. The molecule has 2 aromatic heterocycles. The van der Waals surface area contributed by atoms with Crippen molar-refractivity contribution in [3.05, 3.63) is 52.3 Å². The Hall–Kier alpha value is -2.88. The van der Waals surface area contributed by atoms with Crippen molar-refractivity contribution in [2.75, 3.05) is 5.32 Å². The molecule has 3 heterocycles. The number of carbonyl (C=O) groups excluding carboxylic acids is 1. The first-order chi connectivity index (χ1) is 12.9. The van der Waals surface area contributed by atoms with Gasteiger partial charge in [0.05, 0.1) is 12.2 Å². The van der Waals surface area contributed by atoms with Crippen LogP contribution in [-0.2, 0) is 13.0 Å². The molecule has 0 unspecified atom stereocenters. The first kappa shape index (κ1) is 17.5. The Morgan fingerprint density at radius 2 is 2.07 bits per heavy atom. The van der Waals surface area contributed by atoms with E-state index in [4.69, 9.17) is 4.52 Å². The minimum absolute atomic E-state index is 0.167. The number of hydrogen-bond acceptors (Lipinski definition) is 5. The minimum atomic E-state index is -1.58. The molecule has 6 nitrogen and oxygen atoms in total. The highest BCUT2D eigenvalue weighted by molar-refractivity contribution is 7.03. The van der Waals surface area contributed by atoms with Crippen molar-refractivity contribution in [1.82, 2.24) is 14.4 Å². The van der Waals surface area contributed by atoms with Crippen LogP contribution in [-0.4, -0.2) is 26.5 Å². The summed E-state index contributed by atoms with van der Waals surface area (Å²) in [5, 5.41) is 8.27. The molecule has 1 aromatic carbocycles. The summed E-state index contributed by atoms with van der Waals surface area (Å²) >= 11 is 1.27. The molecule has 0 saturated carbocycles. The zero-order valence-electron chi connectivity index (χ0n) is 14.0. The van der Waals surface area contributed by atoms with Crippen molar-refractivity contribution >= 4 is 23.3 Å². The number of halogens is 3. The second-order valence-corrected chi connectivity index (χ2v) is 6.85. The number of aromatic nitrogens is 2. The molecule has 10 heteroatoms. The van der Waals surface area contributed by atoms with E-state index in [1.807, 2.05) is 6.92 Å². The van der Waals surface area contributed by atoms with Crippen LogP contribution < -0.4 is 5.32 Å². The highest BCUT2D eigenvalue weighted by atomic mass is 32.1. The lowest BCUT2D eigenvalue weighted by Crippen LogP contribution is -2.44. The SMILES string of the molecule is C[C@H]1Cc2noc(-c3ccsn3)c2CN1C(=O)Nc1cc(F)c(F)c(F)c1. The van der Waals surface area contributed by atoms with Crippen LogP contribution in [0.5, 0.6) is 0 Å². The number of amides is 2. The third-order valence-electron chi connectivity index (χ3n) is 4.39. The molecule has 0 aliphatic carbocycles. The van der Waals surface area contributed by atoms with Gasteiger partial charge in [-0.1, -0.05) is 5.16 Å². The van der Waals surface area contributed by atoms with E-state index in [1.54, 1.807) is 11.4 Å². The Morgan fingerprint density at radius 3 is 2.74 bits per heavy atom.